The highest BCUT2D eigenvalue weighted by Gasteiger charge is 2.43. The lowest BCUT2D eigenvalue weighted by Crippen LogP contribution is -2.29. The van der Waals surface area contributed by atoms with Gasteiger partial charge in [-0.25, -0.2) is 0 Å². The lowest BCUT2D eigenvalue weighted by atomic mass is 9.83. The fraction of sp³-hybridized carbons (Fsp3) is 0.833. The quantitative estimate of drug-likeness (QED) is 0.540. The lowest BCUT2D eigenvalue weighted by molar-refractivity contribution is 0.0381. The molecule has 2 saturated heterocycles. The zero-order chi connectivity index (χ0) is 9.97. The molecule has 0 spiro atoms. The van der Waals surface area contributed by atoms with Crippen molar-refractivity contribution in [3.05, 3.63) is 12.7 Å². The fourth-order valence-corrected chi connectivity index (χ4v) is 2.77. The van der Waals surface area contributed by atoms with Crippen LogP contribution in [0.1, 0.15) is 38.5 Å². The average molecular weight is 196 g/mol. The van der Waals surface area contributed by atoms with Crippen LogP contribution in [0.15, 0.2) is 12.7 Å². The van der Waals surface area contributed by atoms with Gasteiger partial charge in [-0.15, -0.1) is 6.58 Å². The normalized spacial score (nSPS) is 37.4. The van der Waals surface area contributed by atoms with Gasteiger partial charge in [0, 0.05) is 5.92 Å². The molecule has 2 heterocycles. The van der Waals surface area contributed by atoms with Crippen LogP contribution in [-0.2, 0) is 4.74 Å². The Morgan fingerprint density at radius 2 is 2.36 bits per heavy atom. The second-order valence-corrected chi connectivity index (χ2v) is 4.56. The van der Waals surface area contributed by atoms with Crippen molar-refractivity contribution >= 4 is 0 Å². The van der Waals surface area contributed by atoms with Gasteiger partial charge in [-0.2, -0.15) is 0 Å². The van der Waals surface area contributed by atoms with Gasteiger partial charge in [-0.05, 0) is 38.5 Å². The molecule has 2 heteroatoms. The smallest absolute Gasteiger partial charge is 0.0633 e. The molecule has 4 atom stereocenters. The van der Waals surface area contributed by atoms with Crippen molar-refractivity contribution in [1.29, 1.82) is 0 Å². The number of unbranched alkanes of at least 4 members (excludes halogenated alkanes) is 1. The minimum Gasteiger partial charge on any atom is -0.393 e. The Labute approximate surface area is 86.0 Å². The molecule has 1 N–H and O–H groups in total. The SMILES string of the molecule is C=CCCCC(O)C1CC2CCC1O2. The molecule has 2 rings (SSSR count). The number of rotatable bonds is 5. The Hall–Kier alpha value is -0.340. The maximum Gasteiger partial charge on any atom is 0.0633 e. The molecule has 4 unspecified atom stereocenters. The van der Waals surface area contributed by atoms with Crippen LogP contribution in [0.4, 0.5) is 0 Å². The van der Waals surface area contributed by atoms with E-state index in [2.05, 4.69) is 6.58 Å². The summed E-state index contributed by atoms with van der Waals surface area (Å²) in [7, 11) is 0. The molecular weight excluding hydrogens is 176 g/mol. The summed E-state index contributed by atoms with van der Waals surface area (Å²) in [6, 6.07) is 0. The van der Waals surface area contributed by atoms with Gasteiger partial charge in [0.1, 0.15) is 0 Å². The molecule has 0 aromatic carbocycles. The lowest BCUT2D eigenvalue weighted by Gasteiger charge is -2.24. The Balaban J connectivity index is 1.75. The number of aliphatic hydroxyl groups is 1. The number of hydrogen-bond donors (Lipinski definition) is 1. The van der Waals surface area contributed by atoms with E-state index in [1.807, 2.05) is 6.08 Å². The van der Waals surface area contributed by atoms with Crippen LogP contribution in [0.3, 0.4) is 0 Å². The molecule has 2 fully saturated rings. The van der Waals surface area contributed by atoms with E-state index in [1.54, 1.807) is 0 Å². The minimum atomic E-state index is -0.148. The Kier molecular flexibility index (Phi) is 3.24. The van der Waals surface area contributed by atoms with Crippen LogP contribution >= 0.6 is 0 Å². The molecule has 2 bridgehead atoms. The maximum atomic E-state index is 9.98. The summed E-state index contributed by atoms with van der Waals surface area (Å²) in [4.78, 5) is 0. The van der Waals surface area contributed by atoms with Crippen LogP contribution in [0.2, 0.25) is 0 Å². The molecule has 14 heavy (non-hydrogen) atoms. The molecule has 0 aromatic rings. The van der Waals surface area contributed by atoms with E-state index in [4.69, 9.17) is 4.74 Å². The van der Waals surface area contributed by atoms with E-state index in [9.17, 15) is 5.11 Å². The van der Waals surface area contributed by atoms with E-state index in [-0.39, 0.29) is 6.10 Å². The highest BCUT2D eigenvalue weighted by Crippen LogP contribution is 2.41. The van der Waals surface area contributed by atoms with Crippen molar-refractivity contribution in [2.75, 3.05) is 0 Å². The topological polar surface area (TPSA) is 29.5 Å². The standard InChI is InChI=1S/C12H20O2/c1-2-3-4-5-11(13)10-8-9-6-7-12(10)14-9/h2,9-13H,1,3-8H2. The number of ether oxygens (including phenoxy) is 1. The maximum absolute atomic E-state index is 9.98. The van der Waals surface area contributed by atoms with Gasteiger partial charge in [-0.1, -0.05) is 6.08 Å². The molecule has 2 aliphatic rings. The van der Waals surface area contributed by atoms with Gasteiger partial charge in [0.15, 0.2) is 0 Å². The number of aliphatic hydroxyl groups excluding tert-OH is 1. The first-order valence-corrected chi connectivity index (χ1v) is 5.75. The van der Waals surface area contributed by atoms with Gasteiger partial charge in [0.25, 0.3) is 0 Å². The van der Waals surface area contributed by atoms with Crippen LogP contribution < -0.4 is 0 Å². The predicted octanol–water partition coefficient (Wildman–Crippen LogP) is 2.27. The Morgan fingerprint density at radius 3 is 2.93 bits per heavy atom. The molecule has 0 amide bonds. The number of fused-ring (bicyclic) bond motifs is 2. The van der Waals surface area contributed by atoms with Crippen molar-refractivity contribution < 1.29 is 9.84 Å². The molecule has 0 radical (unpaired) electrons. The van der Waals surface area contributed by atoms with E-state index in [0.717, 1.165) is 32.1 Å². The summed E-state index contributed by atoms with van der Waals surface area (Å²) in [5, 5.41) is 9.98. The molecule has 0 saturated carbocycles. The summed E-state index contributed by atoms with van der Waals surface area (Å²) in [5.41, 5.74) is 0. The third-order valence-corrected chi connectivity index (χ3v) is 3.56. The largest absolute Gasteiger partial charge is 0.393 e. The third-order valence-electron chi connectivity index (χ3n) is 3.56. The van der Waals surface area contributed by atoms with Gasteiger partial charge in [0.05, 0.1) is 18.3 Å². The van der Waals surface area contributed by atoms with Crippen LogP contribution in [0, 0.1) is 5.92 Å². The fourth-order valence-electron chi connectivity index (χ4n) is 2.77. The summed E-state index contributed by atoms with van der Waals surface area (Å²) in [5.74, 6) is 0.415. The minimum absolute atomic E-state index is 0.148. The first kappa shape index (κ1) is 10.2. The van der Waals surface area contributed by atoms with Crippen LogP contribution in [-0.4, -0.2) is 23.4 Å². The zero-order valence-corrected chi connectivity index (χ0v) is 8.69. The monoisotopic (exact) mass is 196 g/mol. The molecule has 2 nitrogen and oxygen atoms in total. The van der Waals surface area contributed by atoms with Gasteiger partial charge < -0.3 is 9.84 Å². The number of hydrogen-bond acceptors (Lipinski definition) is 2. The van der Waals surface area contributed by atoms with Crippen molar-refractivity contribution in [3.63, 3.8) is 0 Å². The summed E-state index contributed by atoms with van der Waals surface area (Å²) < 4.78 is 5.73. The van der Waals surface area contributed by atoms with Gasteiger partial charge >= 0.3 is 0 Å². The van der Waals surface area contributed by atoms with E-state index in [0.29, 0.717) is 18.1 Å². The highest BCUT2D eigenvalue weighted by molar-refractivity contribution is 4.92. The van der Waals surface area contributed by atoms with Crippen LogP contribution in [0.25, 0.3) is 0 Å². The summed E-state index contributed by atoms with van der Waals surface area (Å²) >= 11 is 0. The zero-order valence-electron chi connectivity index (χ0n) is 8.69. The van der Waals surface area contributed by atoms with Gasteiger partial charge in [0.2, 0.25) is 0 Å². The molecule has 2 aliphatic heterocycles. The van der Waals surface area contributed by atoms with E-state index >= 15 is 0 Å². The van der Waals surface area contributed by atoms with Crippen molar-refractivity contribution in [2.45, 2.75) is 56.8 Å². The second kappa shape index (κ2) is 4.45. The summed E-state index contributed by atoms with van der Waals surface area (Å²) in [6.45, 7) is 3.69. The van der Waals surface area contributed by atoms with E-state index in [1.165, 1.54) is 6.42 Å². The Morgan fingerprint density at radius 1 is 1.50 bits per heavy atom. The molecule has 80 valence electrons. The summed E-state index contributed by atoms with van der Waals surface area (Å²) in [6.07, 6.45) is 9.02. The number of allylic oxidation sites excluding steroid dienone is 1. The van der Waals surface area contributed by atoms with Crippen molar-refractivity contribution in [1.82, 2.24) is 0 Å². The van der Waals surface area contributed by atoms with E-state index < -0.39 is 0 Å². The van der Waals surface area contributed by atoms with Crippen molar-refractivity contribution in [3.8, 4) is 0 Å². The Bertz CT molecular complexity index is 202. The van der Waals surface area contributed by atoms with Gasteiger partial charge in [-0.3, -0.25) is 0 Å². The molecular formula is C12H20O2. The molecule has 0 aromatic heterocycles. The second-order valence-electron chi connectivity index (χ2n) is 4.56. The highest BCUT2D eigenvalue weighted by atomic mass is 16.5. The third kappa shape index (κ3) is 2.01. The molecule has 0 aliphatic carbocycles. The van der Waals surface area contributed by atoms with Crippen molar-refractivity contribution in [2.24, 2.45) is 5.92 Å². The first-order valence-electron chi connectivity index (χ1n) is 5.75. The average Bonchev–Trinajstić information content (AvgIpc) is 2.79. The predicted molar refractivity (Wildman–Crippen MR) is 56.1 cm³/mol. The van der Waals surface area contributed by atoms with Crippen LogP contribution in [0.5, 0.6) is 0 Å². The first-order chi connectivity index (χ1) is 6.81.